The molecule has 1 amide bonds. The molecule has 0 aliphatic carbocycles. The van der Waals surface area contributed by atoms with E-state index in [4.69, 9.17) is 0 Å². The highest BCUT2D eigenvalue weighted by atomic mass is 32.2. The number of rotatable bonds is 9. The second-order valence-corrected chi connectivity index (χ2v) is 7.12. The first-order valence-corrected chi connectivity index (χ1v) is 10.0. The average molecular weight is 385 g/mol. The molecule has 2 aromatic heterocycles. The smallest absolute Gasteiger partial charge is 0.262 e. The summed E-state index contributed by atoms with van der Waals surface area (Å²) in [5, 5.41) is 12.5. The maximum Gasteiger partial charge on any atom is 0.262 e. The van der Waals surface area contributed by atoms with Crippen LogP contribution in [-0.4, -0.2) is 37.4 Å². The van der Waals surface area contributed by atoms with E-state index in [1.165, 1.54) is 11.8 Å². The molecule has 1 aromatic carbocycles. The lowest BCUT2D eigenvalue weighted by atomic mass is 10.2. The zero-order chi connectivity index (χ0) is 19.2. The molecule has 142 valence electrons. The van der Waals surface area contributed by atoms with E-state index in [2.05, 4.69) is 29.0 Å². The van der Waals surface area contributed by atoms with Gasteiger partial charge in [-0.3, -0.25) is 18.6 Å². The highest BCUT2D eigenvalue weighted by molar-refractivity contribution is 7.99. The molecular formula is C19H23N5O2S. The van der Waals surface area contributed by atoms with Crippen molar-refractivity contribution >= 4 is 34.3 Å². The molecule has 3 aromatic rings. The van der Waals surface area contributed by atoms with E-state index in [-0.39, 0.29) is 17.2 Å². The molecule has 0 saturated heterocycles. The molecule has 0 aliphatic heterocycles. The van der Waals surface area contributed by atoms with E-state index in [0.29, 0.717) is 29.4 Å². The number of thioether (sulfide) groups is 1. The predicted octanol–water partition coefficient (Wildman–Crippen LogP) is 2.63. The number of nitrogens with one attached hydrogen (secondary N) is 1. The van der Waals surface area contributed by atoms with E-state index < -0.39 is 0 Å². The van der Waals surface area contributed by atoms with Gasteiger partial charge in [-0.1, -0.05) is 49.7 Å². The second-order valence-electron chi connectivity index (χ2n) is 6.18. The molecule has 0 atom stereocenters. The number of amides is 1. The van der Waals surface area contributed by atoms with Crippen LogP contribution in [0.3, 0.4) is 0 Å². The monoisotopic (exact) mass is 385 g/mol. The molecule has 0 bridgehead atoms. The molecule has 1 N–H and O–H groups in total. The molecule has 8 heteroatoms. The number of aryl methyl sites for hydroxylation is 1. The minimum absolute atomic E-state index is 0.0538. The Hall–Kier alpha value is -2.61. The van der Waals surface area contributed by atoms with Crippen LogP contribution in [0.5, 0.6) is 0 Å². The van der Waals surface area contributed by atoms with Crippen molar-refractivity contribution in [3.63, 3.8) is 0 Å². The molecule has 0 fully saturated rings. The summed E-state index contributed by atoms with van der Waals surface area (Å²) in [5.41, 5.74) is 0.699. The first kappa shape index (κ1) is 19.2. The van der Waals surface area contributed by atoms with Crippen LogP contribution < -0.4 is 10.9 Å². The van der Waals surface area contributed by atoms with Gasteiger partial charge in [0.25, 0.3) is 5.56 Å². The van der Waals surface area contributed by atoms with Gasteiger partial charge < -0.3 is 5.32 Å². The largest absolute Gasteiger partial charge is 0.352 e. The summed E-state index contributed by atoms with van der Waals surface area (Å²) in [7, 11) is 0. The van der Waals surface area contributed by atoms with Gasteiger partial charge in [-0.2, -0.15) is 0 Å². The Bertz CT molecular complexity index is 1020. The number of hydrogen-bond donors (Lipinski definition) is 1. The summed E-state index contributed by atoms with van der Waals surface area (Å²) in [6.07, 6.45) is 4.66. The number of nitrogens with zero attached hydrogens (tertiary/aromatic N) is 4. The van der Waals surface area contributed by atoms with Gasteiger partial charge in [0.05, 0.1) is 16.7 Å². The Labute approximate surface area is 161 Å². The fourth-order valence-electron chi connectivity index (χ4n) is 2.92. The standard InChI is InChI=1S/C19H23N5O2S/c1-3-5-8-12-23-17(26)14-9-6-7-10-15(14)24-18(23)21-22-19(24)27-13-16(25)20-11-4-2/h4,6-7,9-10H,2-3,5,8,11-13H2,1H3,(H,20,25). The number of carbonyl (C=O) groups is 1. The molecule has 7 nitrogen and oxygen atoms in total. The third-order valence-corrected chi connectivity index (χ3v) is 5.17. The highest BCUT2D eigenvalue weighted by Crippen LogP contribution is 2.21. The van der Waals surface area contributed by atoms with Gasteiger partial charge in [0, 0.05) is 13.1 Å². The summed E-state index contributed by atoms with van der Waals surface area (Å²) < 4.78 is 3.56. The zero-order valence-corrected chi connectivity index (χ0v) is 16.2. The van der Waals surface area contributed by atoms with Crippen LogP contribution in [0.4, 0.5) is 0 Å². The number of para-hydroxylation sites is 1. The molecule has 2 heterocycles. The number of fused-ring (bicyclic) bond motifs is 3. The lowest BCUT2D eigenvalue weighted by Crippen LogP contribution is -2.25. The Morgan fingerprint density at radius 2 is 2.11 bits per heavy atom. The Morgan fingerprint density at radius 3 is 2.89 bits per heavy atom. The van der Waals surface area contributed by atoms with Crippen molar-refractivity contribution in [1.82, 2.24) is 24.5 Å². The highest BCUT2D eigenvalue weighted by Gasteiger charge is 2.17. The normalized spacial score (nSPS) is 11.1. The molecular weight excluding hydrogens is 362 g/mol. The third kappa shape index (κ3) is 4.05. The van der Waals surface area contributed by atoms with E-state index >= 15 is 0 Å². The van der Waals surface area contributed by atoms with Gasteiger partial charge in [0.2, 0.25) is 11.7 Å². The minimum atomic E-state index is -0.0998. The molecule has 0 saturated carbocycles. The first-order chi connectivity index (χ1) is 13.2. The molecule has 3 rings (SSSR count). The van der Waals surface area contributed by atoms with Gasteiger partial charge in [-0.15, -0.1) is 16.8 Å². The van der Waals surface area contributed by atoms with Crippen LogP contribution in [0.15, 0.2) is 46.9 Å². The summed E-state index contributed by atoms with van der Waals surface area (Å²) in [6.45, 7) is 6.74. The number of benzene rings is 1. The van der Waals surface area contributed by atoms with E-state index in [0.717, 1.165) is 24.8 Å². The van der Waals surface area contributed by atoms with Crippen LogP contribution in [0.2, 0.25) is 0 Å². The molecule has 0 aliphatic rings. The SMILES string of the molecule is C=CCNC(=O)CSc1nnc2n(CCCCC)c(=O)c3ccccc3n12. The first-order valence-electron chi connectivity index (χ1n) is 9.04. The predicted molar refractivity (Wildman–Crippen MR) is 108 cm³/mol. The van der Waals surface area contributed by atoms with Crippen LogP contribution in [0.1, 0.15) is 26.2 Å². The van der Waals surface area contributed by atoms with Crippen molar-refractivity contribution in [2.75, 3.05) is 12.3 Å². The van der Waals surface area contributed by atoms with E-state index in [1.807, 2.05) is 28.7 Å². The van der Waals surface area contributed by atoms with Crippen molar-refractivity contribution in [3.8, 4) is 0 Å². The lowest BCUT2D eigenvalue weighted by Gasteiger charge is -2.11. The Morgan fingerprint density at radius 1 is 1.30 bits per heavy atom. The quantitative estimate of drug-likeness (QED) is 0.348. The van der Waals surface area contributed by atoms with Crippen molar-refractivity contribution in [2.45, 2.75) is 37.9 Å². The number of unbranched alkanes of at least 4 members (excludes halogenated alkanes) is 2. The summed E-state index contributed by atoms with van der Waals surface area (Å²) in [5.74, 6) is 0.638. The van der Waals surface area contributed by atoms with E-state index in [1.54, 1.807) is 10.6 Å². The topological polar surface area (TPSA) is 81.3 Å². The number of aromatic nitrogens is 4. The number of hydrogen-bond acceptors (Lipinski definition) is 5. The average Bonchev–Trinajstić information content (AvgIpc) is 3.11. The third-order valence-electron chi connectivity index (χ3n) is 4.24. The molecule has 0 unspecified atom stereocenters. The molecule has 27 heavy (non-hydrogen) atoms. The molecule has 0 spiro atoms. The number of carbonyl (C=O) groups excluding carboxylic acids is 1. The summed E-state index contributed by atoms with van der Waals surface area (Å²) in [6, 6.07) is 7.43. The maximum atomic E-state index is 12.9. The summed E-state index contributed by atoms with van der Waals surface area (Å²) >= 11 is 1.30. The molecule has 0 radical (unpaired) electrons. The fraction of sp³-hybridized carbons (Fsp3) is 0.368. The van der Waals surface area contributed by atoms with Crippen molar-refractivity contribution < 1.29 is 4.79 Å². The van der Waals surface area contributed by atoms with Crippen LogP contribution in [0, 0.1) is 0 Å². The van der Waals surface area contributed by atoms with Crippen molar-refractivity contribution in [2.24, 2.45) is 0 Å². The van der Waals surface area contributed by atoms with Gasteiger partial charge in [-0.25, -0.2) is 0 Å². The zero-order valence-electron chi connectivity index (χ0n) is 15.4. The van der Waals surface area contributed by atoms with Crippen molar-refractivity contribution in [3.05, 3.63) is 47.3 Å². The van der Waals surface area contributed by atoms with E-state index in [9.17, 15) is 9.59 Å². The van der Waals surface area contributed by atoms with Crippen LogP contribution >= 0.6 is 11.8 Å². The fourth-order valence-corrected chi connectivity index (χ4v) is 3.69. The van der Waals surface area contributed by atoms with Gasteiger partial charge in [0.1, 0.15) is 0 Å². The Balaban J connectivity index is 2.03. The maximum absolute atomic E-state index is 12.9. The van der Waals surface area contributed by atoms with Crippen molar-refractivity contribution in [1.29, 1.82) is 0 Å². The Kier molecular flexibility index (Phi) is 6.28. The second kappa shape index (κ2) is 8.85. The minimum Gasteiger partial charge on any atom is -0.352 e. The van der Waals surface area contributed by atoms with Crippen LogP contribution in [-0.2, 0) is 11.3 Å². The van der Waals surface area contributed by atoms with Gasteiger partial charge >= 0.3 is 0 Å². The summed E-state index contributed by atoms with van der Waals surface area (Å²) in [4.78, 5) is 24.8. The van der Waals surface area contributed by atoms with Crippen LogP contribution in [0.25, 0.3) is 16.7 Å². The van der Waals surface area contributed by atoms with Gasteiger partial charge in [0.15, 0.2) is 5.16 Å². The van der Waals surface area contributed by atoms with Gasteiger partial charge in [-0.05, 0) is 18.6 Å². The lowest BCUT2D eigenvalue weighted by molar-refractivity contribution is -0.118.